The van der Waals surface area contributed by atoms with Crippen LogP contribution in [0.1, 0.15) is 15.4 Å². The third-order valence-electron chi connectivity index (χ3n) is 3.82. The highest BCUT2D eigenvalue weighted by molar-refractivity contribution is 7.17. The highest BCUT2D eigenvalue weighted by Crippen LogP contribution is 2.29. The largest absolute Gasteiger partial charge is 0.319 e. The number of nitrogens with one attached hydrogen (secondary N) is 2. The van der Waals surface area contributed by atoms with Gasteiger partial charge in [-0.2, -0.15) is 5.10 Å². The highest BCUT2D eigenvalue weighted by atomic mass is 32.1. The molecule has 2 aromatic heterocycles. The Morgan fingerprint density at radius 3 is 2.80 bits per heavy atom. The number of amides is 1. The molecule has 0 fully saturated rings. The fourth-order valence-corrected chi connectivity index (χ4v) is 3.54. The molecule has 2 aromatic carbocycles. The molecule has 2 N–H and O–H groups in total. The van der Waals surface area contributed by atoms with E-state index in [2.05, 4.69) is 20.5 Å². The quantitative estimate of drug-likeness (QED) is 0.574. The number of hydrogen-bond donors (Lipinski definition) is 2. The maximum Gasteiger partial charge on any atom is 0.267 e. The van der Waals surface area contributed by atoms with E-state index < -0.39 is 0 Å². The van der Waals surface area contributed by atoms with Crippen LogP contribution in [0.3, 0.4) is 0 Å². The number of anilines is 1. The number of thiazole rings is 1. The summed E-state index contributed by atoms with van der Waals surface area (Å²) in [5.41, 5.74) is 2.86. The van der Waals surface area contributed by atoms with Gasteiger partial charge in [-0.05, 0) is 37.3 Å². The average Bonchev–Trinajstić information content (AvgIpc) is 3.22. The van der Waals surface area contributed by atoms with Crippen molar-refractivity contribution in [2.45, 2.75) is 6.92 Å². The van der Waals surface area contributed by atoms with Crippen LogP contribution in [0.25, 0.3) is 21.5 Å². The highest BCUT2D eigenvalue weighted by Gasteiger charge is 2.17. The van der Waals surface area contributed by atoms with Crippen molar-refractivity contribution in [3.63, 3.8) is 0 Å². The summed E-state index contributed by atoms with van der Waals surface area (Å²) in [5.74, 6) is -0.534. The molecular weight excluding hydrogens is 339 g/mol. The fourth-order valence-electron chi connectivity index (χ4n) is 2.58. The predicted octanol–water partition coefficient (Wildman–Crippen LogP) is 4.39. The lowest BCUT2D eigenvalue weighted by atomic mass is 10.2. The summed E-state index contributed by atoms with van der Waals surface area (Å²) >= 11 is 1.28. The zero-order valence-corrected chi connectivity index (χ0v) is 14.0. The molecule has 4 rings (SSSR count). The van der Waals surface area contributed by atoms with E-state index >= 15 is 0 Å². The molecule has 5 nitrogen and oxygen atoms in total. The van der Waals surface area contributed by atoms with Gasteiger partial charge in [0, 0.05) is 10.9 Å². The number of H-pyrrole nitrogens is 1. The minimum atomic E-state index is -0.303. The van der Waals surface area contributed by atoms with Crippen molar-refractivity contribution in [3.8, 4) is 10.6 Å². The van der Waals surface area contributed by atoms with Gasteiger partial charge in [0.2, 0.25) is 0 Å². The summed E-state index contributed by atoms with van der Waals surface area (Å²) < 4.78 is 13.1. The van der Waals surface area contributed by atoms with Gasteiger partial charge in [0.25, 0.3) is 5.91 Å². The molecule has 124 valence electrons. The van der Waals surface area contributed by atoms with Crippen molar-refractivity contribution in [3.05, 3.63) is 65.0 Å². The second-order valence-corrected chi connectivity index (χ2v) is 6.53. The number of halogens is 1. The number of rotatable bonds is 3. The van der Waals surface area contributed by atoms with Gasteiger partial charge in [0.15, 0.2) is 0 Å². The number of nitrogens with zero attached hydrogens (tertiary/aromatic N) is 2. The first-order chi connectivity index (χ1) is 12.1. The van der Waals surface area contributed by atoms with Crippen molar-refractivity contribution in [1.82, 2.24) is 15.2 Å². The average molecular weight is 352 g/mol. The van der Waals surface area contributed by atoms with Crippen LogP contribution >= 0.6 is 11.3 Å². The third kappa shape index (κ3) is 2.89. The van der Waals surface area contributed by atoms with Gasteiger partial charge in [-0.3, -0.25) is 9.89 Å². The van der Waals surface area contributed by atoms with E-state index in [9.17, 15) is 9.18 Å². The molecule has 1 amide bonds. The summed E-state index contributed by atoms with van der Waals surface area (Å²) in [7, 11) is 0. The predicted molar refractivity (Wildman–Crippen MR) is 96.3 cm³/mol. The van der Waals surface area contributed by atoms with E-state index in [0.29, 0.717) is 21.3 Å². The molecule has 2 heterocycles. The number of aromatic nitrogens is 3. The van der Waals surface area contributed by atoms with Crippen molar-refractivity contribution in [1.29, 1.82) is 0 Å². The zero-order valence-electron chi connectivity index (χ0n) is 13.2. The van der Waals surface area contributed by atoms with Crippen LogP contribution in [0.4, 0.5) is 10.1 Å². The van der Waals surface area contributed by atoms with E-state index in [0.717, 1.165) is 16.5 Å². The molecule has 25 heavy (non-hydrogen) atoms. The molecule has 7 heteroatoms. The van der Waals surface area contributed by atoms with Gasteiger partial charge in [0.1, 0.15) is 15.7 Å². The minimum absolute atomic E-state index is 0.231. The monoisotopic (exact) mass is 352 g/mol. The van der Waals surface area contributed by atoms with Gasteiger partial charge in [-0.15, -0.1) is 11.3 Å². The fraction of sp³-hybridized carbons (Fsp3) is 0.0556. The Kier molecular flexibility index (Phi) is 3.77. The molecule has 4 aromatic rings. The lowest BCUT2D eigenvalue weighted by Crippen LogP contribution is -2.11. The Hall–Kier alpha value is -3.06. The number of carbonyl (C=O) groups is 1. The number of para-hydroxylation sites is 1. The zero-order chi connectivity index (χ0) is 17.4. The molecule has 0 radical (unpaired) electrons. The number of aromatic amines is 1. The molecule has 0 saturated carbocycles. The summed E-state index contributed by atoms with van der Waals surface area (Å²) in [6.45, 7) is 1.79. The van der Waals surface area contributed by atoms with Crippen LogP contribution in [0.2, 0.25) is 0 Å². The topological polar surface area (TPSA) is 70.7 Å². The van der Waals surface area contributed by atoms with Crippen molar-refractivity contribution >= 4 is 33.8 Å². The van der Waals surface area contributed by atoms with E-state index in [4.69, 9.17) is 0 Å². The number of aryl methyl sites for hydroxylation is 1. The van der Waals surface area contributed by atoms with E-state index in [1.165, 1.54) is 23.5 Å². The van der Waals surface area contributed by atoms with Crippen molar-refractivity contribution in [2.24, 2.45) is 0 Å². The summed E-state index contributed by atoms with van der Waals surface area (Å²) in [5, 5.41) is 11.4. The van der Waals surface area contributed by atoms with E-state index in [1.54, 1.807) is 25.3 Å². The molecule has 0 aliphatic rings. The van der Waals surface area contributed by atoms with Gasteiger partial charge in [-0.25, -0.2) is 9.37 Å². The molecule has 0 spiro atoms. The summed E-state index contributed by atoms with van der Waals surface area (Å²) in [6.07, 6.45) is 1.70. The van der Waals surface area contributed by atoms with Gasteiger partial charge in [-0.1, -0.05) is 12.1 Å². The molecule has 0 saturated heterocycles. The smallest absolute Gasteiger partial charge is 0.267 e. The van der Waals surface area contributed by atoms with Crippen LogP contribution in [0.5, 0.6) is 0 Å². The number of hydrogen-bond acceptors (Lipinski definition) is 4. The van der Waals surface area contributed by atoms with Gasteiger partial charge < -0.3 is 5.32 Å². The second-order valence-electron chi connectivity index (χ2n) is 5.53. The standard InChI is InChI=1S/C18H13FN4OS/c1-10-16(25-18(21-10)11-5-7-13(19)8-6-11)17(24)22-14-4-2-3-12-9-20-23-15(12)14/h2-9H,1H3,(H,20,23)(H,22,24). The Bertz CT molecular complexity index is 1070. The Morgan fingerprint density at radius 2 is 2.00 bits per heavy atom. The number of carbonyl (C=O) groups excluding carboxylic acids is 1. The van der Waals surface area contributed by atoms with Crippen molar-refractivity contribution in [2.75, 3.05) is 5.32 Å². The van der Waals surface area contributed by atoms with E-state index in [1.807, 2.05) is 18.2 Å². The first kappa shape index (κ1) is 15.5. The van der Waals surface area contributed by atoms with Crippen molar-refractivity contribution < 1.29 is 9.18 Å². The van der Waals surface area contributed by atoms with Crippen LogP contribution in [-0.2, 0) is 0 Å². The lowest BCUT2D eigenvalue weighted by Gasteiger charge is -2.05. The minimum Gasteiger partial charge on any atom is -0.319 e. The molecule has 0 atom stereocenters. The molecule has 0 unspecified atom stereocenters. The lowest BCUT2D eigenvalue weighted by molar-refractivity contribution is 0.103. The van der Waals surface area contributed by atoms with Crippen LogP contribution in [0, 0.1) is 12.7 Å². The first-order valence-electron chi connectivity index (χ1n) is 7.58. The first-order valence-corrected chi connectivity index (χ1v) is 8.40. The molecule has 0 aliphatic carbocycles. The SMILES string of the molecule is Cc1nc(-c2ccc(F)cc2)sc1C(=O)Nc1cccc2cn[nH]c12. The second kappa shape index (κ2) is 6.10. The Morgan fingerprint density at radius 1 is 1.20 bits per heavy atom. The van der Waals surface area contributed by atoms with Gasteiger partial charge in [0.05, 0.1) is 23.1 Å². The summed E-state index contributed by atoms with van der Waals surface area (Å²) in [4.78, 5) is 17.6. The third-order valence-corrected chi connectivity index (χ3v) is 5.02. The Balaban J connectivity index is 1.64. The summed E-state index contributed by atoms with van der Waals surface area (Å²) in [6, 6.07) is 11.7. The van der Waals surface area contributed by atoms with Crippen LogP contribution < -0.4 is 5.32 Å². The van der Waals surface area contributed by atoms with E-state index in [-0.39, 0.29) is 11.7 Å². The maximum atomic E-state index is 13.1. The normalized spacial score (nSPS) is 11.0. The molecular formula is C18H13FN4OS. The van der Waals surface area contributed by atoms with Crippen LogP contribution in [-0.4, -0.2) is 21.1 Å². The van der Waals surface area contributed by atoms with Crippen LogP contribution in [0.15, 0.2) is 48.7 Å². The maximum absolute atomic E-state index is 13.1. The number of benzene rings is 2. The molecule has 0 bridgehead atoms. The molecule has 0 aliphatic heterocycles. The Labute approximate surface area is 146 Å². The van der Waals surface area contributed by atoms with Gasteiger partial charge >= 0.3 is 0 Å². The number of fused-ring (bicyclic) bond motifs is 1.